The molecule has 2 rings (SSSR count). The number of aryl methyl sites for hydroxylation is 1. The van der Waals surface area contributed by atoms with Gasteiger partial charge < -0.3 is 20.3 Å². The fraction of sp³-hybridized carbons (Fsp3) is 0.381. The summed E-state index contributed by atoms with van der Waals surface area (Å²) in [5.41, 5.74) is 3.09. The highest BCUT2D eigenvalue weighted by atomic mass is 16.5. The number of rotatable bonds is 9. The summed E-state index contributed by atoms with van der Waals surface area (Å²) < 4.78 is 4.65. The molecule has 140 valence electrons. The van der Waals surface area contributed by atoms with E-state index in [1.807, 2.05) is 19.1 Å². The van der Waals surface area contributed by atoms with Crippen LogP contribution in [0.2, 0.25) is 0 Å². The topological polar surface area (TPSA) is 78.8 Å². The smallest absolute Gasteiger partial charge is 0.305 e. The van der Waals surface area contributed by atoms with Gasteiger partial charge in [-0.15, -0.1) is 0 Å². The summed E-state index contributed by atoms with van der Waals surface area (Å²) in [4.78, 5) is 11.2. The van der Waals surface area contributed by atoms with Crippen LogP contribution < -0.4 is 5.32 Å². The van der Waals surface area contributed by atoms with Gasteiger partial charge in [0.25, 0.3) is 0 Å². The van der Waals surface area contributed by atoms with Crippen molar-refractivity contribution in [2.75, 3.05) is 13.7 Å². The minimum atomic E-state index is -0.628. The van der Waals surface area contributed by atoms with E-state index in [0.717, 1.165) is 24.1 Å². The molecule has 2 atom stereocenters. The second-order valence-electron chi connectivity index (χ2n) is 6.42. The van der Waals surface area contributed by atoms with E-state index in [1.54, 1.807) is 24.3 Å². The number of hydrogen-bond donors (Lipinski definition) is 3. The zero-order chi connectivity index (χ0) is 18.9. The Kier molecular flexibility index (Phi) is 7.63. The summed E-state index contributed by atoms with van der Waals surface area (Å²) in [6, 6.07) is 14.7. The first-order valence-corrected chi connectivity index (χ1v) is 8.84. The lowest BCUT2D eigenvalue weighted by Gasteiger charge is -2.20. The fourth-order valence-electron chi connectivity index (χ4n) is 2.74. The molecule has 2 aromatic rings. The van der Waals surface area contributed by atoms with Crippen molar-refractivity contribution in [3.05, 3.63) is 65.2 Å². The lowest BCUT2D eigenvalue weighted by atomic mass is 10.0. The molecule has 5 nitrogen and oxygen atoms in total. The lowest BCUT2D eigenvalue weighted by Crippen LogP contribution is -2.33. The number of hydrogen-bond acceptors (Lipinski definition) is 5. The Labute approximate surface area is 154 Å². The maximum absolute atomic E-state index is 11.2. The first kappa shape index (κ1) is 19.9. The van der Waals surface area contributed by atoms with Crippen molar-refractivity contribution in [3.63, 3.8) is 0 Å². The maximum Gasteiger partial charge on any atom is 0.305 e. The average Bonchev–Trinajstić information content (AvgIpc) is 2.67. The van der Waals surface area contributed by atoms with Gasteiger partial charge in [-0.25, -0.2) is 0 Å². The predicted octanol–water partition coefficient (Wildman–Crippen LogP) is 2.75. The first-order chi connectivity index (χ1) is 12.5. The monoisotopic (exact) mass is 357 g/mol. The third-order valence-corrected chi connectivity index (χ3v) is 4.46. The minimum absolute atomic E-state index is 0.0983. The number of esters is 1. The van der Waals surface area contributed by atoms with Crippen LogP contribution >= 0.6 is 0 Å². The summed E-state index contributed by atoms with van der Waals surface area (Å²) in [6.45, 7) is 2.69. The molecule has 0 fully saturated rings. The standard InChI is InChI=1S/C21H27NO4/c1-15(21(25)18-8-10-19(23)11-9-18)22-14-13-17-5-3-16(4-6-17)7-12-20(24)26-2/h3-6,8-11,15,21-23,25H,7,12-14H2,1-2H3/t15-,21-/m1/s1. The number of methoxy groups -OCH3 is 1. The summed E-state index contributed by atoms with van der Waals surface area (Å²) in [6.07, 6.45) is 1.30. The Morgan fingerprint density at radius 2 is 1.62 bits per heavy atom. The number of phenols is 1. The van der Waals surface area contributed by atoms with Crippen LogP contribution in [0.5, 0.6) is 5.75 Å². The Morgan fingerprint density at radius 1 is 1.04 bits per heavy atom. The Balaban J connectivity index is 1.76. The number of aliphatic hydroxyl groups excluding tert-OH is 1. The van der Waals surface area contributed by atoms with E-state index in [-0.39, 0.29) is 17.8 Å². The number of aromatic hydroxyl groups is 1. The van der Waals surface area contributed by atoms with Crippen LogP contribution in [0.4, 0.5) is 0 Å². The highest BCUT2D eigenvalue weighted by molar-refractivity contribution is 5.69. The second kappa shape index (κ2) is 9.94. The molecule has 26 heavy (non-hydrogen) atoms. The zero-order valence-corrected chi connectivity index (χ0v) is 15.3. The van der Waals surface area contributed by atoms with Gasteiger partial charge in [-0.3, -0.25) is 4.79 Å². The van der Waals surface area contributed by atoms with Crippen LogP contribution in [-0.4, -0.2) is 35.9 Å². The summed E-state index contributed by atoms with van der Waals surface area (Å²) in [7, 11) is 1.40. The molecule has 0 amide bonds. The van der Waals surface area contributed by atoms with E-state index in [1.165, 1.54) is 12.7 Å². The van der Waals surface area contributed by atoms with E-state index in [9.17, 15) is 15.0 Å². The molecule has 0 aliphatic rings. The molecule has 0 unspecified atom stereocenters. The zero-order valence-electron chi connectivity index (χ0n) is 15.3. The third kappa shape index (κ3) is 6.17. The number of carbonyl (C=O) groups excluding carboxylic acids is 1. The number of aliphatic hydroxyl groups is 1. The molecule has 5 heteroatoms. The van der Waals surface area contributed by atoms with Gasteiger partial charge in [0, 0.05) is 12.5 Å². The van der Waals surface area contributed by atoms with Crippen molar-refractivity contribution in [2.24, 2.45) is 0 Å². The van der Waals surface area contributed by atoms with E-state index in [4.69, 9.17) is 0 Å². The van der Waals surface area contributed by atoms with Gasteiger partial charge in [0.05, 0.1) is 13.2 Å². The molecule has 3 N–H and O–H groups in total. The fourth-order valence-corrected chi connectivity index (χ4v) is 2.74. The molecular formula is C21H27NO4. The van der Waals surface area contributed by atoms with Crippen LogP contribution in [-0.2, 0) is 22.4 Å². The van der Waals surface area contributed by atoms with Crippen molar-refractivity contribution < 1.29 is 19.7 Å². The van der Waals surface area contributed by atoms with Crippen LogP contribution in [0, 0.1) is 0 Å². The van der Waals surface area contributed by atoms with E-state index in [2.05, 4.69) is 22.2 Å². The number of nitrogens with one attached hydrogen (secondary N) is 1. The van der Waals surface area contributed by atoms with Crippen molar-refractivity contribution in [3.8, 4) is 5.75 Å². The highest BCUT2D eigenvalue weighted by Crippen LogP contribution is 2.19. The number of ether oxygens (including phenoxy) is 1. The lowest BCUT2D eigenvalue weighted by molar-refractivity contribution is -0.140. The molecule has 0 bridgehead atoms. The largest absolute Gasteiger partial charge is 0.508 e. The van der Waals surface area contributed by atoms with Crippen molar-refractivity contribution in [1.29, 1.82) is 0 Å². The molecule has 0 aliphatic carbocycles. The molecule has 0 radical (unpaired) electrons. The predicted molar refractivity (Wildman–Crippen MR) is 101 cm³/mol. The quantitative estimate of drug-likeness (QED) is 0.602. The van der Waals surface area contributed by atoms with Gasteiger partial charge in [0.1, 0.15) is 5.75 Å². The van der Waals surface area contributed by atoms with E-state index < -0.39 is 6.10 Å². The summed E-state index contributed by atoms with van der Waals surface area (Å²) in [5, 5.41) is 23.0. The van der Waals surface area contributed by atoms with Crippen LogP contribution in [0.3, 0.4) is 0 Å². The Bertz CT molecular complexity index is 682. The molecule has 0 saturated heterocycles. The van der Waals surface area contributed by atoms with E-state index in [0.29, 0.717) is 12.8 Å². The molecule has 0 aliphatic heterocycles. The van der Waals surface area contributed by atoms with Gasteiger partial charge in [0.15, 0.2) is 0 Å². The number of phenolic OH excluding ortho intramolecular Hbond substituents is 1. The molecular weight excluding hydrogens is 330 g/mol. The van der Waals surface area contributed by atoms with Crippen molar-refractivity contribution in [1.82, 2.24) is 5.32 Å². The third-order valence-electron chi connectivity index (χ3n) is 4.46. The number of carbonyl (C=O) groups is 1. The van der Waals surface area contributed by atoms with Gasteiger partial charge in [-0.05, 0) is 55.1 Å². The Morgan fingerprint density at radius 3 is 2.19 bits per heavy atom. The van der Waals surface area contributed by atoms with Gasteiger partial charge >= 0.3 is 5.97 Å². The molecule has 0 saturated carbocycles. The second-order valence-corrected chi connectivity index (χ2v) is 6.42. The summed E-state index contributed by atoms with van der Waals surface area (Å²) in [5.74, 6) is -0.00366. The number of benzene rings is 2. The Hall–Kier alpha value is -2.37. The average molecular weight is 357 g/mol. The first-order valence-electron chi connectivity index (χ1n) is 8.84. The molecule has 0 spiro atoms. The SMILES string of the molecule is COC(=O)CCc1ccc(CCN[C@H](C)[C@@H](O)c2ccc(O)cc2)cc1. The van der Waals surface area contributed by atoms with Crippen LogP contribution in [0.25, 0.3) is 0 Å². The van der Waals surface area contributed by atoms with Crippen molar-refractivity contribution >= 4 is 5.97 Å². The van der Waals surface area contributed by atoms with Gasteiger partial charge in [0.2, 0.25) is 0 Å². The van der Waals surface area contributed by atoms with Gasteiger partial charge in [-0.2, -0.15) is 0 Å². The van der Waals surface area contributed by atoms with Crippen LogP contribution in [0.1, 0.15) is 36.1 Å². The molecule has 0 heterocycles. The highest BCUT2D eigenvalue weighted by Gasteiger charge is 2.15. The molecule has 2 aromatic carbocycles. The minimum Gasteiger partial charge on any atom is -0.508 e. The van der Waals surface area contributed by atoms with Gasteiger partial charge in [-0.1, -0.05) is 36.4 Å². The van der Waals surface area contributed by atoms with Crippen molar-refractivity contribution in [2.45, 2.75) is 38.3 Å². The summed E-state index contributed by atoms with van der Waals surface area (Å²) >= 11 is 0. The molecule has 0 aromatic heterocycles. The normalized spacial score (nSPS) is 13.2. The van der Waals surface area contributed by atoms with E-state index >= 15 is 0 Å². The van der Waals surface area contributed by atoms with Crippen LogP contribution in [0.15, 0.2) is 48.5 Å². The maximum atomic E-state index is 11.2.